The summed E-state index contributed by atoms with van der Waals surface area (Å²) in [6.45, 7) is 2.27. The topological polar surface area (TPSA) is 0 Å². The molecule has 0 aromatic heterocycles. The summed E-state index contributed by atoms with van der Waals surface area (Å²) in [4.78, 5) is 0. The van der Waals surface area contributed by atoms with Gasteiger partial charge in [-0.15, -0.1) is 0 Å². The van der Waals surface area contributed by atoms with Gasteiger partial charge >= 0.3 is 0 Å². The van der Waals surface area contributed by atoms with E-state index in [0.717, 1.165) is 6.42 Å². The Labute approximate surface area is 187 Å². The summed E-state index contributed by atoms with van der Waals surface area (Å²) >= 11 is 0. The Morgan fingerprint density at radius 1 is 0.531 bits per heavy atom. The van der Waals surface area contributed by atoms with Crippen LogP contribution in [-0.4, -0.2) is 0 Å². The first-order valence-corrected chi connectivity index (χ1v) is 11.3. The molecule has 0 saturated heterocycles. The quantitative estimate of drug-likeness (QED) is 0.189. The van der Waals surface area contributed by atoms with Crippen molar-refractivity contribution in [3.63, 3.8) is 0 Å². The van der Waals surface area contributed by atoms with Crippen LogP contribution >= 0.6 is 0 Å². The highest BCUT2D eigenvalue weighted by Gasteiger charge is 2.21. The largest absolute Gasteiger partial charge is 0.0619 e. The SMILES string of the molecule is Cc1c2ccccc2c(-c2ccc3c(c2)-c2ccccc2C3)c2c1ccc1ccccc12. The van der Waals surface area contributed by atoms with Crippen molar-refractivity contribution in [2.45, 2.75) is 13.3 Å². The van der Waals surface area contributed by atoms with Crippen LogP contribution < -0.4 is 0 Å². The summed E-state index contributed by atoms with van der Waals surface area (Å²) in [6.07, 6.45) is 1.03. The first-order valence-electron chi connectivity index (χ1n) is 11.3. The van der Waals surface area contributed by atoms with Gasteiger partial charge in [-0.1, -0.05) is 97.1 Å². The van der Waals surface area contributed by atoms with Crippen molar-refractivity contribution in [2.24, 2.45) is 0 Å². The summed E-state index contributed by atoms with van der Waals surface area (Å²) in [5.41, 5.74) is 9.65. The van der Waals surface area contributed by atoms with E-state index in [1.807, 2.05) is 0 Å². The zero-order valence-corrected chi connectivity index (χ0v) is 18.0. The molecule has 1 aliphatic rings. The molecule has 0 heterocycles. The number of aryl methyl sites for hydroxylation is 1. The number of rotatable bonds is 1. The molecule has 7 rings (SSSR count). The summed E-state index contributed by atoms with van der Waals surface area (Å²) in [5.74, 6) is 0. The first-order chi connectivity index (χ1) is 15.8. The lowest BCUT2D eigenvalue weighted by Crippen LogP contribution is -1.92. The van der Waals surface area contributed by atoms with E-state index in [0.29, 0.717) is 0 Å². The molecule has 0 nitrogen and oxygen atoms in total. The molecule has 6 aromatic rings. The van der Waals surface area contributed by atoms with E-state index in [9.17, 15) is 0 Å². The minimum atomic E-state index is 1.03. The van der Waals surface area contributed by atoms with Crippen LogP contribution in [0, 0.1) is 6.92 Å². The Balaban J connectivity index is 1.66. The standard InChI is InChI=1S/C32H22/c1-20-25-10-6-7-13-29(25)31(32-26(20)17-16-21-8-2-5-12-28(21)32)24-15-14-23-18-22-9-3-4-11-27(22)30(23)19-24/h2-17,19H,18H2,1H3. The Kier molecular flexibility index (Phi) is 3.63. The van der Waals surface area contributed by atoms with Crippen molar-refractivity contribution >= 4 is 32.3 Å². The number of hydrogen-bond acceptors (Lipinski definition) is 0. The Morgan fingerprint density at radius 3 is 2.16 bits per heavy atom. The third-order valence-corrected chi connectivity index (χ3v) is 7.27. The van der Waals surface area contributed by atoms with Crippen LogP contribution in [0.1, 0.15) is 16.7 Å². The molecule has 0 saturated carbocycles. The Bertz CT molecular complexity index is 1700. The molecule has 0 radical (unpaired) electrons. The number of benzene rings is 6. The molecule has 32 heavy (non-hydrogen) atoms. The Hall–Kier alpha value is -3.90. The van der Waals surface area contributed by atoms with Crippen LogP contribution in [0.5, 0.6) is 0 Å². The molecule has 0 spiro atoms. The highest BCUT2D eigenvalue weighted by Crippen LogP contribution is 2.45. The van der Waals surface area contributed by atoms with Crippen molar-refractivity contribution < 1.29 is 0 Å². The van der Waals surface area contributed by atoms with Gasteiger partial charge in [0.05, 0.1) is 0 Å². The van der Waals surface area contributed by atoms with Crippen LogP contribution in [0.2, 0.25) is 0 Å². The highest BCUT2D eigenvalue weighted by molar-refractivity contribution is 6.23. The second-order valence-corrected chi connectivity index (χ2v) is 8.96. The third-order valence-electron chi connectivity index (χ3n) is 7.27. The smallest absolute Gasteiger partial charge is 0.00134 e. The molecule has 0 bridgehead atoms. The fourth-order valence-electron chi connectivity index (χ4n) is 5.74. The maximum absolute atomic E-state index is 2.43. The fourth-order valence-corrected chi connectivity index (χ4v) is 5.74. The molecule has 6 aromatic carbocycles. The number of fused-ring (bicyclic) bond motifs is 7. The highest BCUT2D eigenvalue weighted by atomic mass is 14.2. The summed E-state index contributed by atoms with van der Waals surface area (Å²) in [6, 6.07) is 38.2. The van der Waals surface area contributed by atoms with E-state index in [2.05, 4.69) is 110 Å². The average molecular weight is 407 g/mol. The molecule has 0 N–H and O–H groups in total. The van der Waals surface area contributed by atoms with Gasteiger partial charge in [-0.25, -0.2) is 0 Å². The zero-order valence-electron chi connectivity index (χ0n) is 18.0. The average Bonchev–Trinajstić information content (AvgIpc) is 3.22. The molecule has 1 aliphatic carbocycles. The molecule has 0 amide bonds. The monoisotopic (exact) mass is 406 g/mol. The van der Waals surface area contributed by atoms with Gasteiger partial charge in [-0.3, -0.25) is 0 Å². The third kappa shape index (κ3) is 2.38. The maximum atomic E-state index is 2.43. The van der Waals surface area contributed by atoms with Gasteiger partial charge in [-0.05, 0) is 90.7 Å². The van der Waals surface area contributed by atoms with Gasteiger partial charge in [0.15, 0.2) is 0 Å². The lowest BCUT2D eigenvalue weighted by atomic mass is 9.85. The van der Waals surface area contributed by atoms with Crippen LogP contribution in [0.15, 0.2) is 103 Å². The van der Waals surface area contributed by atoms with E-state index in [1.54, 1.807) is 0 Å². The lowest BCUT2D eigenvalue weighted by molar-refractivity contribution is 1.26. The van der Waals surface area contributed by atoms with Gasteiger partial charge in [0, 0.05) is 0 Å². The predicted octanol–water partition coefficient (Wildman–Crippen LogP) is 8.69. The first kappa shape index (κ1) is 17.7. The molecule has 0 unspecified atom stereocenters. The summed E-state index contributed by atoms with van der Waals surface area (Å²) in [7, 11) is 0. The normalized spacial score (nSPS) is 12.4. The fraction of sp³-hybridized carbons (Fsp3) is 0.0625. The van der Waals surface area contributed by atoms with E-state index in [1.165, 1.54) is 71.3 Å². The maximum Gasteiger partial charge on any atom is -0.00134 e. The molecule has 0 atom stereocenters. The van der Waals surface area contributed by atoms with E-state index < -0.39 is 0 Å². The Morgan fingerprint density at radius 2 is 1.25 bits per heavy atom. The van der Waals surface area contributed by atoms with Crippen LogP contribution in [0.4, 0.5) is 0 Å². The van der Waals surface area contributed by atoms with Crippen molar-refractivity contribution in [3.8, 4) is 22.3 Å². The van der Waals surface area contributed by atoms with Crippen LogP contribution in [-0.2, 0) is 6.42 Å². The minimum Gasteiger partial charge on any atom is -0.0619 e. The van der Waals surface area contributed by atoms with Gasteiger partial charge in [0.25, 0.3) is 0 Å². The van der Waals surface area contributed by atoms with Crippen molar-refractivity contribution in [1.29, 1.82) is 0 Å². The molecule has 0 heteroatoms. The van der Waals surface area contributed by atoms with E-state index in [4.69, 9.17) is 0 Å². The summed E-state index contributed by atoms with van der Waals surface area (Å²) in [5, 5.41) is 8.01. The zero-order chi connectivity index (χ0) is 21.2. The molecule has 0 fully saturated rings. The van der Waals surface area contributed by atoms with E-state index >= 15 is 0 Å². The van der Waals surface area contributed by atoms with Gasteiger partial charge < -0.3 is 0 Å². The second-order valence-electron chi connectivity index (χ2n) is 8.96. The van der Waals surface area contributed by atoms with Crippen molar-refractivity contribution in [1.82, 2.24) is 0 Å². The molecular weight excluding hydrogens is 384 g/mol. The predicted molar refractivity (Wildman–Crippen MR) is 137 cm³/mol. The lowest BCUT2D eigenvalue weighted by Gasteiger charge is -2.18. The molecular formula is C32H22. The van der Waals surface area contributed by atoms with Crippen molar-refractivity contribution in [3.05, 3.63) is 120 Å². The van der Waals surface area contributed by atoms with Crippen LogP contribution in [0.3, 0.4) is 0 Å². The van der Waals surface area contributed by atoms with Crippen molar-refractivity contribution in [2.75, 3.05) is 0 Å². The van der Waals surface area contributed by atoms with E-state index in [-0.39, 0.29) is 0 Å². The van der Waals surface area contributed by atoms with Crippen LogP contribution in [0.25, 0.3) is 54.6 Å². The molecule has 0 aliphatic heterocycles. The molecule has 150 valence electrons. The second kappa shape index (κ2) is 6.55. The van der Waals surface area contributed by atoms with Gasteiger partial charge in [0.2, 0.25) is 0 Å². The minimum absolute atomic E-state index is 1.03. The van der Waals surface area contributed by atoms with Gasteiger partial charge in [-0.2, -0.15) is 0 Å². The number of hydrogen-bond donors (Lipinski definition) is 0. The summed E-state index contributed by atoms with van der Waals surface area (Å²) < 4.78 is 0. The van der Waals surface area contributed by atoms with Gasteiger partial charge in [0.1, 0.15) is 0 Å².